The lowest BCUT2D eigenvalue weighted by Gasteiger charge is -2.28. The van der Waals surface area contributed by atoms with E-state index in [9.17, 15) is 14.0 Å². The van der Waals surface area contributed by atoms with Crippen LogP contribution in [0.1, 0.15) is 50.4 Å². The number of benzene rings is 1. The Morgan fingerprint density at radius 2 is 2.12 bits per heavy atom. The summed E-state index contributed by atoms with van der Waals surface area (Å²) in [7, 11) is 0. The fourth-order valence-corrected chi connectivity index (χ4v) is 3.08. The molecule has 5 nitrogen and oxygen atoms in total. The summed E-state index contributed by atoms with van der Waals surface area (Å²) in [6.45, 7) is 8.21. The highest BCUT2D eigenvalue weighted by molar-refractivity contribution is 5.96. The number of hydrogen-bond acceptors (Lipinski definition) is 3. The van der Waals surface area contributed by atoms with Gasteiger partial charge in [0.05, 0.1) is 5.69 Å². The average molecular weight is 386 g/mol. The van der Waals surface area contributed by atoms with E-state index in [0.29, 0.717) is 18.5 Å². The fraction of sp³-hybridized carbons (Fsp3) is 0.579. The lowest BCUT2D eigenvalue weighted by Crippen LogP contribution is -2.42. The molecule has 0 radical (unpaired) electrons. The number of carbonyl (C=O) groups excluding carboxylic acids is 2. The molecule has 2 amide bonds. The van der Waals surface area contributed by atoms with E-state index in [1.807, 2.05) is 25.7 Å². The van der Waals surface area contributed by atoms with Gasteiger partial charge in [-0.25, -0.2) is 4.39 Å². The van der Waals surface area contributed by atoms with Crippen LogP contribution in [0.15, 0.2) is 18.2 Å². The largest absolute Gasteiger partial charge is 0.334 e. The van der Waals surface area contributed by atoms with E-state index in [1.165, 1.54) is 12.1 Å². The topological polar surface area (TPSA) is 61.4 Å². The van der Waals surface area contributed by atoms with Crippen molar-refractivity contribution in [1.29, 1.82) is 0 Å². The van der Waals surface area contributed by atoms with Crippen molar-refractivity contribution in [2.45, 2.75) is 46.1 Å². The Morgan fingerprint density at radius 3 is 2.65 bits per heavy atom. The third kappa shape index (κ3) is 5.95. The molecule has 0 saturated carbocycles. The highest BCUT2D eigenvalue weighted by Gasteiger charge is 2.27. The third-order valence-electron chi connectivity index (χ3n) is 4.28. The number of amides is 2. The summed E-state index contributed by atoms with van der Waals surface area (Å²) in [5.74, 6) is -0.761. The molecule has 0 aliphatic carbocycles. The van der Waals surface area contributed by atoms with E-state index in [1.54, 1.807) is 6.07 Å². The molecule has 1 aliphatic rings. The van der Waals surface area contributed by atoms with Crippen LogP contribution in [0.5, 0.6) is 0 Å². The van der Waals surface area contributed by atoms with Crippen molar-refractivity contribution < 1.29 is 14.0 Å². The number of nitrogens with zero attached hydrogens (tertiary/aromatic N) is 1. The first-order valence-corrected chi connectivity index (χ1v) is 9.03. The van der Waals surface area contributed by atoms with Gasteiger partial charge in [0, 0.05) is 31.1 Å². The van der Waals surface area contributed by atoms with Gasteiger partial charge >= 0.3 is 0 Å². The molecule has 1 aromatic rings. The van der Waals surface area contributed by atoms with Crippen LogP contribution in [0.3, 0.4) is 0 Å². The van der Waals surface area contributed by atoms with E-state index in [2.05, 4.69) is 10.6 Å². The average Bonchev–Trinajstić information content (AvgIpc) is 3.07. The van der Waals surface area contributed by atoms with E-state index in [-0.39, 0.29) is 41.9 Å². The molecule has 1 unspecified atom stereocenters. The Morgan fingerprint density at radius 1 is 1.38 bits per heavy atom. The number of anilines is 1. The number of hydrogen-bond donors (Lipinski definition) is 2. The second-order valence-electron chi connectivity index (χ2n) is 6.99. The van der Waals surface area contributed by atoms with Crippen molar-refractivity contribution in [1.82, 2.24) is 10.2 Å². The Hall–Kier alpha value is -1.66. The van der Waals surface area contributed by atoms with Gasteiger partial charge in [-0.3, -0.25) is 9.59 Å². The number of halogens is 2. The molecule has 146 valence electrons. The molecule has 26 heavy (non-hydrogen) atoms. The van der Waals surface area contributed by atoms with Crippen molar-refractivity contribution in [3.8, 4) is 0 Å². The number of nitrogens with one attached hydrogen (secondary N) is 2. The van der Waals surface area contributed by atoms with Gasteiger partial charge in [0.2, 0.25) is 5.91 Å². The molecule has 0 bridgehead atoms. The first-order chi connectivity index (χ1) is 11.9. The third-order valence-corrected chi connectivity index (χ3v) is 4.28. The van der Waals surface area contributed by atoms with Gasteiger partial charge in [-0.2, -0.15) is 0 Å². The maximum absolute atomic E-state index is 14.3. The lowest BCUT2D eigenvalue weighted by atomic mass is 10.1. The maximum atomic E-state index is 14.3. The van der Waals surface area contributed by atoms with Crippen LogP contribution < -0.4 is 10.6 Å². The molecule has 1 aromatic carbocycles. The second kappa shape index (κ2) is 10.5. The predicted molar refractivity (Wildman–Crippen MR) is 104 cm³/mol. The van der Waals surface area contributed by atoms with Crippen LogP contribution in [0, 0.1) is 11.7 Å². The van der Waals surface area contributed by atoms with Crippen molar-refractivity contribution in [2.24, 2.45) is 5.92 Å². The number of carbonyl (C=O) groups is 2. The van der Waals surface area contributed by atoms with Crippen LogP contribution >= 0.6 is 12.4 Å². The lowest BCUT2D eigenvalue weighted by molar-refractivity contribution is -0.116. The van der Waals surface area contributed by atoms with Gasteiger partial charge in [0.25, 0.3) is 5.91 Å². The molecular weight excluding hydrogens is 357 g/mol. The molecular formula is C19H29ClFN3O2. The van der Waals surface area contributed by atoms with Crippen molar-refractivity contribution in [3.05, 3.63) is 29.6 Å². The standard InChI is InChI=1S/C19H28FN3O2.ClH/c1-4-9-23(15-7-8-21-12-15)19(25)14-5-6-17(16(20)11-14)22-18(24)10-13(2)3;/h5-6,11,13,15,21H,4,7-10,12H2,1-3H3,(H,22,24);1H. The zero-order chi connectivity index (χ0) is 18.4. The van der Waals surface area contributed by atoms with Crippen molar-refractivity contribution in [3.63, 3.8) is 0 Å². The Balaban J connectivity index is 0.00000338. The van der Waals surface area contributed by atoms with E-state index in [4.69, 9.17) is 0 Å². The maximum Gasteiger partial charge on any atom is 0.254 e. The highest BCUT2D eigenvalue weighted by atomic mass is 35.5. The van der Waals surface area contributed by atoms with Gasteiger partial charge in [-0.1, -0.05) is 20.8 Å². The van der Waals surface area contributed by atoms with Gasteiger partial charge in [-0.15, -0.1) is 12.4 Å². The fourth-order valence-electron chi connectivity index (χ4n) is 3.08. The summed E-state index contributed by atoms with van der Waals surface area (Å²) in [5.41, 5.74) is 0.437. The quantitative estimate of drug-likeness (QED) is 0.755. The highest BCUT2D eigenvalue weighted by Crippen LogP contribution is 2.20. The summed E-state index contributed by atoms with van der Waals surface area (Å²) in [4.78, 5) is 26.4. The van der Waals surface area contributed by atoms with Gasteiger partial charge in [-0.05, 0) is 43.5 Å². The Labute approximate surface area is 161 Å². The molecule has 1 heterocycles. The van der Waals surface area contributed by atoms with E-state index < -0.39 is 5.82 Å². The molecule has 2 N–H and O–H groups in total. The van der Waals surface area contributed by atoms with Gasteiger partial charge in [0.15, 0.2) is 0 Å². The zero-order valence-corrected chi connectivity index (χ0v) is 16.5. The van der Waals surface area contributed by atoms with Crippen LogP contribution in [0.2, 0.25) is 0 Å². The number of rotatable bonds is 7. The normalized spacial score (nSPS) is 16.3. The van der Waals surface area contributed by atoms with Crippen LogP contribution in [0.25, 0.3) is 0 Å². The first-order valence-electron chi connectivity index (χ1n) is 9.03. The molecule has 1 saturated heterocycles. The second-order valence-corrected chi connectivity index (χ2v) is 6.99. The Kier molecular flexibility index (Phi) is 9.02. The summed E-state index contributed by atoms with van der Waals surface area (Å²) in [6.07, 6.45) is 2.10. The SMILES string of the molecule is CCCN(C(=O)c1ccc(NC(=O)CC(C)C)c(F)c1)C1CCNC1.Cl. The predicted octanol–water partition coefficient (Wildman–Crippen LogP) is 3.45. The smallest absolute Gasteiger partial charge is 0.254 e. The summed E-state index contributed by atoms with van der Waals surface area (Å²) < 4.78 is 14.3. The van der Waals surface area contributed by atoms with Crippen molar-refractivity contribution in [2.75, 3.05) is 25.0 Å². The minimum absolute atomic E-state index is 0. The summed E-state index contributed by atoms with van der Waals surface area (Å²) >= 11 is 0. The summed E-state index contributed by atoms with van der Waals surface area (Å²) in [5, 5.41) is 5.83. The molecule has 7 heteroatoms. The molecule has 1 aliphatic heterocycles. The summed E-state index contributed by atoms with van der Waals surface area (Å²) in [6, 6.07) is 4.43. The first kappa shape index (κ1) is 22.4. The van der Waals surface area contributed by atoms with Crippen LogP contribution in [-0.2, 0) is 4.79 Å². The molecule has 0 aromatic heterocycles. The van der Waals surface area contributed by atoms with Gasteiger partial charge < -0.3 is 15.5 Å². The van der Waals surface area contributed by atoms with E-state index >= 15 is 0 Å². The van der Waals surface area contributed by atoms with Gasteiger partial charge in [0.1, 0.15) is 5.82 Å². The minimum atomic E-state index is -0.580. The molecule has 1 fully saturated rings. The molecule has 1 atom stereocenters. The van der Waals surface area contributed by atoms with Crippen molar-refractivity contribution >= 4 is 29.9 Å². The Bertz CT molecular complexity index is 619. The zero-order valence-electron chi connectivity index (χ0n) is 15.7. The molecule has 2 rings (SSSR count). The van der Waals surface area contributed by atoms with Crippen LogP contribution in [-0.4, -0.2) is 42.4 Å². The monoisotopic (exact) mass is 385 g/mol. The van der Waals surface area contributed by atoms with E-state index in [0.717, 1.165) is 25.9 Å². The minimum Gasteiger partial charge on any atom is -0.334 e. The van der Waals surface area contributed by atoms with Crippen LogP contribution in [0.4, 0.5) is 10.1 Å². The molecule has 0 spiro atoms.